The third-order valence-electron chi connectivity index (χ3n) is 2.74. The second-order valence-electron chi connectivity index (χ2n) is 3.99. The minimum atomic E-state index is -1.13. The third-order valence-corrected chi connectivity index (χ3v) is 3.94. The van der Waals surface area contributed by atoms with Crippen molar-refractivity contribution in [3.8, 4) is 0 Å². The van der Waals surface area contributed by atoms with E-state index in [2.05, 4.69) is 21.8 Å². The normalized spacial score (nSPS) is 17.8. The van der Waals surface area contributed by atoms with Gasteiger partial charge in [-0.05, 0) is 14.0 Å². The number of carboxylic acids is 1. The van der Waals surface area contributed by atoms with E-state index in [-0.39, 0.29) is 4.88 Å². The quantitative estimate of drug-likeness (QED) is 0.702. The molecule has 0 saturated carbocycles. The van der Waals surface area contributed by atoms with Gasteiger partial charge in [0.15, 0.2) is 5.13 Å². The summed E-state index contributed by atoms with van der Waals surface area (Å²) in [6.07, 6.45) is 0. The first-order valence-electron chi connectivity index (χ1n) is 5.20. The maximum absolute atomic E-state index is 10.8. The molecule has 0 aliphatic carbocycles. The number of carbonyl (C=O) groups excluding carboxylic acids is 1. The Morgan fingerprint density at radius 3 is 2.50 bits per heavy atom. The largest absolute Gasteiger partial charge is 0.544 e. The number of piperazine rings is 1. The minimum Gasteiger partial charge on any atom is -0.544 e. The molecule has 0 spiro atoms. The Morgan fingerprint density at radius 1 is 1.38 bits per heavy atom. The number of anilines is 1. The second kappa shape index (κ2) is 4.39. The molecule has 16 heavy (non-hydrogen) atoms. The highest BCUT2D eigenvalue weighted by molar-refractivity contribution is 7.17. The lowest BCUT2D eigenvalue weighted by Gasteiger charge is -2.32. The summed E-state index contributed by atoms with van der Waals surface area (Å²) in [7, 11) is 2.08. The molecule has 1 aromatic rings. The van der Waals surface area contributed by atoms with Gasteiger partial charge in [0.2, 0.25) is 0 Å². The minimum absolute atomic E-state index is 0.244. The van der Waals surface area contributed by atoms with Gasteiger partial charge < -0.3 is 19.7 Å². The van der Waals surface area contributed by atoms with Crippen molar-refractivity contribution >= 4 is 22.4 Å². The number of hydrogen-bond acceptors (Lipinski definition) is 6. The van der Waals surface area contributed by atoms with Gasteiger partial charge in [-0.15, -0.1) is 0 Å². The molecule has 88 valence electrons. The van der Waals surface area contributed by atoms with Crippen molar-refractivity contribution in [1.82, 2.24) is 9.88 Å². The summed E-state index contributed by atoms with van der Waals surface area (Å²) in [4.78, 5) is 19.7. The van der Waals surface area contributed by atoms with Crippen LogP contribution in [0, 0.1) is 6.92 Å². The smallest absolute Gasteiger partial charge is 0.186 e. The van der Waals surface area contributed by atoms with Crippen LogP contribution in [0.4, 0.5) is 5.13 Å². The number of aromatic carboxylic acids is 1. The molecule has 0 N–H and O–H groups in total. The highest BCUT2D eigenvalue weighted by Gasteiger charge is 2.18. The van der Waals surface area contributed by atoms with Crippen LogP contribution in [0.1, 0.15) is 15.4 Å². The molecular formula is C10H14N3O2S-. The zero-order chi connectivity index (χ0) is 11.7. The number of carboxylic acid groups (broad SMARTS) is 1. The van der Waals surface area contributed by atoms with Crippen molar-refractivity contribution in [2.24, 2.45) is 0 Å². The Kier molecular flexibility index (Phi) is 3.11. The number of aromatic nitrogens is 1. The van der Waals surface area contributed by atoms with E-state index in [1.165, 1.54) is 11.3 Å². The number of aryl methyl sites for hydroxylation is 1. The SMILES string of the molecule is Cc1nc(N2CCN(C)CC2)sc1C(=O)[O-]. The second-order valence-corrected chi connectivity index (χ2v) is 4.97. The first kappa shape index (κ1) is 11.3. The summed E-state index contributed by atoms with van der Waals surface area (Å²) in [6, 6.07) is 0. The van der Waals surface area contributed by atoms with E-state index in [1.54, 1.807) is 6.92 Å². The Balaban J connectivity index is 2.15. The predicted molar refractivity (Wildman–Crippen MR) is 60.9 cm³/mol. The van der Waals surface area contributed by atoms with E-state index in [4.69, 9.17) is 0 Å². The predicted octanol–water partition coefficient (Wildman–Crippen LogP) is -0.433. The lowest BCUT2D eigenvalue weighted by molar-refractivity contribution is -0.254. The Hall–Kier alpha value is -1.14. The van der Waals surface area contributed by atoms with Gasteiger partial charge in [0.25, 0.3) is 0 Å². The zero-order valence-corrected chi connectivity index (χ0v) is 10.2. The third kappa shape index (κ3) is 2.17. The molecule has 0 amide bonds. The van der Waals surface area contributed by atoms with Gasteiger partial charge in [-0.2, -0.15) is 0 Å². The molecule has 2 rings (SSSR count). The van der Waals surface area contributed by atoms with Crippen LogP contribution in [0.2, 0.25) is 0 Å². The number of thiazole rings is 1. The number of likely N-dealkylation sites (N-methyl/N-ethyl adjacent to an activating group) is 1. The topological polar surface area (TPSA) is 59.5 Å². The van der Waals surface area contributed by atoms with Gasteiger partial charge in [0.05, 0.1) is 16.5 Å². The van der Waals surface area contributed by atoms with Gasteiger partial charge >= 0.3 is 0 Å². The average Bonchev–Trinajstić information content (AvgIpc) is 2.61. The van der Waals surface area contributed by atoms with E-state index >= 15 is 0 Å². The zero-order valence-electron chi connectivity index (χ0n) is 9.39. The van der Waals surface area contributed by atoms with Gasteiger partial charge in [0, 0.05) is 26.2 Å². The summed E-state index contributed by atoms with van der Waals surface area (Å²) in [6.45, 7) is 5.48. The van der Waals surface area contributed by atoms with Crippen molar-refractivity contribution in [3.05, 3.63) is 10.6 Å². The van der Waals surface area contributed by atoms with Crippen LogP contribution >= 0.6 is 11.3 Å². The van der Waals surface area contributed by atoms with Crippen LogP contribution in [0.15, 0.2) is 0 Å². The molecule has 1 aliphatic rings. The summed E-state index contributed by atoms with van der Waals surface area (Å²) in [5.41, 5.74) is 0.555. The van der Waals surface area contributed by atoms with Gasteiger partial charge in [-0.1, -0.05) is 11.3 Å². The van der Waals surface area contributed by atoms with Crippen LogP contribution < -0.4 is 10.0 Å². The van der Waals surface area contributed by atoms with Crippen LogP contribution in [-0.2, 0) is 0 Å². The number of hydrogen-bond donors (Lipinski definition) is 0. The van der Waals surface area contributed by atoms with Gasteiger partial charge in [-0.25, -0.2) is 4.98 Å². The first-order chi connectivity index (χ1) is 7.58. The Morgan fingerprint density at radius 2 is 2.00 bits per heavy atom. The van der Waals surface area contributed by atoms with Gasteiger partial charge in [-0.3, -0.25) is 0 Å². The van der Waals surface area contributed by atoms with Crippen LogP contribution in [-0.4, -0.2) is 49.1 Å². The summed E-state index contributed by atoms with van der Waals surface area (Å²) >= 11 is 1.21. The summed E-state index contributed by atoms with van der Waals surface area (Å²) < 4.78 is 0. The molecule has 1 aliphatic heterocycles. The van der Waals surface area contributed by atoms with Crippen molar-refractivity contribution in [3.63, 3.8) is 0 Å². The summed E-state index contributed by atoms with van der Waals surface area (Å²) in [5.74, 6) is -1.13. The molecular weight excluding hydrogens is 226 g/mol. The fourth-order valence-corrected chi connectivity index (χ4v) is 2.66. The van der Waals surface area contributed by atoms with E-state index in [9.17, 15) is 9.90 Å². The highest BCUT2D eigenvalue weighted by Crippen LogP contribution is 2.26. The first-order valence-corrected chi connectivity index (χ1v) is 6.02. The molecule has 0 radical (unpaired) electrons. The van der Waals surface area contributed by atoms with E-state index in [0.717, 1.165) is 31.3 Å². The van der Waals surface area contributed by atoms with E-state index in [0.29, 0.717) is 5.69 Å². The summed E-state index contributed by atoms with van der Waals surface area (Å²) in [5, 5.41) is 11.6. The monoisotopic (exact) mass is 240 g/mol. The average molecular weight is 240 g/mol. The van der Waals surface area contributed by atoms with Crippen molar-refractivity contribution in [2.45, 2.75) is 6.92 Å². The van der Waals surface area contributed by atoms with Crippen molar-refractivity contribution < 1.29 is 9.90 Å². The lowest BCUT2D eigenvalue weighted by atomic mass is 10.3. The van der Waals surface area contributed by atoms with Crippen molar-refractivity contribution in [1.29, 1.82) is 0 Å². The molecule has 1 fully saturated rings. The van der Waals surface area contributed by atoms with Crippen LogP contribution in [0.3, 0.4) is 0 Å². The van der Waals surface area contributed by atoms with Crippen molar-refractivity contribution in [2.75, 3.05) is 38.1 Å². The van der Waals surface area contributed by atoms with Gasteiger partial charge in [0.1, 0.15) is 0 Å². The lowest BCUT2D eigenvalue weighted by Crippen LogP contribution is -2.44. The van der Waals surface area contributed by atoms with E-state index < -0.39 is 5.97 Å². The highest BCUT2D eigenvalue weighted by atomic mass is 32.1. The molecule has 5 nitrogen and oxygen atoms in total. The van der Waals surface area contributed by atoms with Crippen LogP contribution in [0.25, 0.3) is 0 Å². The number of rotatable bonds is 2. The molecule has 1 aromatic heterocycles. The molecule has 2 heterocycles. The Bertz CT molecular complexity index is 397. The molecule has 0 bridgehead atoms. The molecule has 0 atom stereocenters. The molecule has 6 heteroatoms. The molecule has 1 saturated heterocycles. The van der Waals surface area contributed by atoms with Crippen LogP contribution in [0.5, 0.6) is 0 Å². The standard InChI is InChI=1S/C10H15N3O2S/c1-7-8(9(14)15)16-10(11-7)13-5-3-12(2)4-6-13/h3-6H2,1-2H3,(H,14,15)/p-1. The molecule has 0 aromatic carbocycles. The fourth-order valence-electron chi connectivity index (χ4n) is 1.70. The number of carbonyl (C=O) groups is 1. The fraction of sp³-hybridized carbons (Fsp3) is 0.600. The molecule has 0 unspecified atom stereocenters. The van der Waals surface area contributed by atoms with E-state index in [1.807, 2.05) is 0 Å². The number of nitrogens with zero attached hydrogens (tertiary/aromatic N) is 3. The Labute approximate surface area is 98.3 Å². The maximum atomic E-state index is 10.8. The maximum Gasteiger partial charge on any atom is 0.186 e.